The highest BCUT2D eigenvalue weighted by atomic mass is 16.5. The molecule has 0 saturated carbocycles. The minimum absolute atomic E-state index is 0.206. The zero-order valence-corrected chi connectivity index (χ0v) is 12.5. The molecular formula is C16H24N2O2. The summed E-state index contributed by atoms with van der Waals surface area (Å²) < 4.78 is 5.36. The second-order valence-electron chi connectivity index (χ2n) is 5.41. The molecule has 1 aromatic rings. The molecule has 1 aromatic carbocycles. The fourth-order valence-corrected chi connectivity index (χ4v) is 2.65. The number of phenols is 1. The van der Waals surface area contributed by atoms with Crippen LogP contribution in [0.1, 0.15) is 45.6 Å². The molecule has 2 unspecified atom stereocenters. The summed E-state index contributed by atoms with van der Waals surface area (Å²) in [5, 5.41) is 16.7. The van der Waals surface area contributed by atoms with Gasteiger partial charge in [0.15, 0.2) is 0 Å². The number of piperidine rings is 1. The van der Waals surface area contributed by atoms with Gasteiger partial charge < -0.3 is 9.84 Å². The molecule has 20 heavy (non-hydrogen) atoms. The number of hydrogen-bond acceptors (Lipinski definition) is 4. The van der Waals surface area contributed by atoms with Crippen LogP contribution < -0.4 is 4.74 Å². The van der Waals surface area contributed by atoms with E-state index in [0.717, 1.165) is 5.56 Å². The Morgan fingerprint density at radius 3 is 2.65 bits per heavy atom. The molecule has 1 saturated heterocycles. The second-order valence-corrected chi connectivity index (χ2v) is 5.41. The molecule has 0 amide bonds. The van der Waals surface area contributed by atoms with Gasteiger partial charge in [0.05, 0.1) is 12.8 Å². The monoisotopic (exact) mass is 276 g/mol. The molecule has 1 fully saturated rings. The van der Waals surface area contributed by atoms with Crippen molar-refractivity contribution in [2.24, 2.45) is 5.10 Å². The second kappa shape index (κ2) is 6.64. The Balaban J connectivity index is 2.10. The van der Waals surface area contributed by atoms with E-state index >= 15 is 0 Å². The molecule has 1 aliphatic heterocycles. The molecule has 1 heterocycles. The van der Waals surface area contributed by atoms with E-state index < -0.39 is 0 Å². The van der Waals surface area contributed by atoms with Gasteiger partial charge in [0.25, 0.3) is 0 Å². The molecular weight excluding hydrogens is 252 g/mol. The summed E-state index contributed by atoms with van der Waals surface area (Å²) in [4.78, 5) is 0. The van der Waals surface area contributed by atoms with Crippen LogP contribution in [-0.4, -0.2) is 35.0 Å². The van der Waals surface area contributed by atoms with Gasteiger partial charge in [-0.25, -0.2) is 0 Å². The minimum Gasteiger partial charge on any atom is -0.507 e. The first-order valence-corrected chi connectivity index (χ1v) is 7.40. The maximum atomic E-state index is 9.99. The number of hydrazone groups is 1. The van der Waals surface area contributed by atoms with Crippen molar-refractivity contribution in [2.45, 2.75) is 52.1 Å². The Morgan fingerprint density at radius 1 is 1.35 bits per heavy atom. The topological polar surface area (TPSA) is 45.1 Å². The average molecular weight is 276 g/mol. The summed E-state index contributed by atoms with van der Waals surface area (Å²) in [6.07, 6.45) is 5.36. The molecule has 0 aromatic heterocycles. The van der Waals surface area contributed by atoms with E-state index in [9.17, 15) is 5.11 Å². The van der Waals surface area contributed by atoms with Crippen LogP contribution in [0.2, 0.25) is 0 Å². The summed E-state index contributed by atoms with van der Waals surface area (Å²) in [5.74, 6) is 0.888. The number of hydrogen-bond donors (Lipinski definition) is 1. The lowest BCUT2D eigenvalue weighted by molar-refractivity contribution is 0.109. The molecule has 0 spiro atoms. The third-order valence-electron chi connectivity index (χ3n) is 3.79. The highest BCUT2D eigenvalue weighted by Gasteiger charge is 2.22. The van der Waals surface area contributed by atoms with E-state index in [0.29, 0.717) is 24.4 Å². The van der Waals surface area contributed by atoms with Crippen LogP contribution in [0.4, 0.5) is 0 Å². The number of aromatic hydroxyl groups is 1. The van der Waals surface area contributed by atoms with Crippen LogP contribution in [0.25, 0.3) is 0 Å². The van der Waals surface area contributed by atoms with Crippen molar-refractivity contribution >= 4 is 6.21 Å². The number of benzene rings is 1. The van der Waals surface area contributed by atoms with Gasteiger partial charge in [0.1, 0.15) is 11.5 Å². The summed E-state index contributed by atoms with van der Waals surface area (Å²) in [6.45, 7) is 6.91. The quantitative estimate of drug-likeness (QED) is 0.857. The molecule has 0 aliphatic carbocycles. The average Bonchev–Trinajstić information content (AvgIpc) is 2.40. The van der Waals surface area contributed by atoms with E-state index in [4.69, 9.17) is 4.74 Å². The predicted molar refractivity (Wildman–Crippen MR) is 81.5 cm³/mol. The maximum absolute atomic E-state index is 9.99. The molecule has 2 atom stereocenters. The molecule has 0 bridgehead atoms. The van der Waals surface area contributed by atoms with Gasteiger partial charge in [-0.15, -0.1) is 0 Å². The maximum Gasteiger partial charge on any atom is 0.128 e. The Bertz CT molecular complexity index is 464. The van der Waals surface area contributed by atoms with E-state index in [-0.39, 0.29) is 5.75 Å². The fourth-order valence-electron chi connectivity index (χ4n) is 2.65. The lowest BCUT2D eigenvalue weighted by Gasteiger charge is -2.36. The molecule has 4 heteroatoms. The zero-order chi connectivity index (χ0) is 14.5. The molecule has 0 radical (unpaired) electrons. The van der Waals surface area contributed by atoms with Crippen molar-refractivity contribution in [3.63, 3.8) is 0 Å². The summed E-state index contributed by atoms with van der Waals surface area (Å²) >= 11 is 0. The van der Waals surface area contributed by atoms with Gasteiger partial charge in [0.2, 0.25) is 0 Å². The Morgan fingerprint density at radius 2 is 2.05 bits per heavy atom. The van der Waals surface area contributed by atoms with Gasteiger partial charge in [-0.2, -0.15) is 5.10 Å². The van der Waals surface area contributed by atoms with Gasteiger partial charge in [0, 0.05) is 23.7 Å². The zero-order valence-electron chi connectivity index (χ0n) is 12.5. The van der Waals surface area contributed by atoms with Crippen LogP contribution in [0.15, 0.2) is 23.3 Å². The minimum atomic E-state index is 0.206. The first-order valence-electron chi connectivity index (χ1n) is 7.40. The smallest absolute Gasteiger partial charge is 0.128 e. The normalized spacial score (nSPS) is 23.2. The highest BCUT2D eigenvalue weighted by molar-refractivity contribution is 5.83. The van der Waals surface area contributed by atoms with E-state index in [2.05, 4.69) is 24.0 Å². The van der Waals surface area contributed by atoms with E-state index in [1.807, 2.05) is 19.1 Å². The first-order chi connectivity index (χ1) is 9.61. The summed E-state index contributed by atoms with van der Waals surface area (Å²) in [5.41, 5.74) is 0.721. The van der Waals surface area contributed by atoms with Crippen molar-refractivity contribution < 1.29 is 9.84 Å². The Labute approximate surface area is 121 Å². The number of phenolic OH excluding ortho intramolecular Hbond substituents is 1. The van der Waals surface area contributed by atoms with Crippen molar-refractivity contribution in [2.75, 3.05) is 6.61 Å². The van der Waals surface area contributed by atoms with Crippen LogP contribution in [0.3, 0.4) is 0 Å². The van der Waals surface area contributed by atoms with Gasteiger partial charge in [-0.05, 0) is 52.2 Å². The molecule has 4 nitrogen and oxygen atoms in total. The van der Waals surface area contributed by atoms with Crippen molar-refractivity contribution in [3.8, 4) is 11.5 Å². The van der Waals surface area contributed by atoms with Gasteiger partial charge in [-0.3, -0.25) is 5.01 Å². The Hall–Kier alpha value is -1.71. The van der Waals surface area contributed by atoms with Crippen LogP contribution >= 0.6 is 0 Å². The van der Waals surface area contributed by atoms with Crippen molar-refractivity contribution in [3.05, 3.63) is 23.8 Å². The lowest BCUT2D eigenvalue weighted by atomic mass is 10.00. The van der Waals surface area contributed by atoms with Crippen molar-refractivity contribution in [1.29, 1.82) is 0 Å². The number of ether oxygens (including phenoxy) is 1. The molecule has 1 N–H and O–H groups in total. The SMILES string of the molecule is CCOc1ccc(C=NN2C(C)CCCC2C)c(O)c1. The standard InChI is InChI=1S/C16H24N2O2/c1-4-20-15-9-8-14(16(19)10-15)11-17-18-12(2)6-5-7-13(18)3/h8-13,19H,4-7H2,1-3H3. The Kier molecular flexibility index (Phi) is 4.88. The summed E-state index contributed by atoms with van der Waals surface area (Å²) in [7, 11) is 0. The fraction of sp³-hybridized carbons (Fsp3) is 0.562. The van der Waals surface area contributed by atoms with E-state index in [1.165, 1.54) is 19.3 Å². The third kappa shape index (κ3) is 3.44. The van der Waals surface area contributed by atoms with Crippen LogP contribution in [0, 0.1) is 0 Å². The third-order valence-corrected chi connectivity index (χ3v) is 3.79. The first kappa shape index (κ1) is 14.7. The predicted octanol–water partition coefficient (Wildman–Crippen LogP) is 3.39. The molecule has 1 aliphatic rings. The van der Waals surface area contributed by atoms with Gasteiger partial charge >= 0.3 is 0 Å². The number of rotatable bonds is 4. The highest BCUT2D eigenvalue weighted by Crippen LogP contribution is 2.25. The molecule has 2 rings (SSSR count). The largest absolute Gasteiger partial charge is 0.507 e. The molecule has 110 valence electrons. The van der Waals surface area contributed by atoms with Gasteiger partial charge in [-0.1, -0.05) is 0 Å². The lowest BCUT2D eigenvalue weighted by Crippen LogP contribution is -2.39. The number of nitrogens with zero attached hydrogens (tertiary/aromatic N) is 2. The van der Waals surface area contributed by atoms with E-state index in [1.54, 1.807) is 12.3 Å². The van der Waals surface area contributed by atoms with Crippen molar-refractivity contribution in [1.82, 2.24) is 5.01 Å². The van der Waals surface area contributed by atoms with Crippen LogP contribution in [0.5, 0.6) is 11.5 Å². The van der Waals surface area contributed by atoms with Crippen LogP contribution in [-0.2, 0) is 0 Å². The summed E-state index contributed by atoms with van der Waals surface area (Å²) in [6, 6.07) is 6.24.